The van der Waals surface area contributed by atoms with Crippen molar-refractivity contribution < 1.29 is 23.9 Å². The zero-order valence-electron chi connectivity index (χ0n) is 19.1. The number of para-hydroxylation sites is 1. The first-order chi connectivity index (χ1) is 16.9. The van der Waals surface area contributed by atoms with Crippen molar-refractivity contribution in [3.8, 4) is 17.2 Å². The Bertz CT molecular complexity index is 1420. The standard InChI is InChI=1S/C27H22N2O6/c1-18(30)35-27-23(29(31)32)15-20(16-25(27)33-2)11-13-22-14-12-21-9-6-10-24(26(21)28-22)34-17-19-7-4-3-5-8-19/h3-16H,17H2,1-2H3/b13-11+. The zero-order chi connectivity index (χ0) is 24.8. The summed E-state index contributed by atoms with van der Waals surface area (Å²) in [6.07, 6.45) is 3.41. The predicted molar refractivity (Wildman–Crippen MR) is 132 cm³/mol. The normalized spacial score (nSPS) is 10.9. The maximum absolute atomic E-state index is 11.6. The van der Waals surface area contributed by atoms with E-state index in [4.69, 9.17) is 19.2 Å². The third-order valence-electron chi connectivity index (χ3n) is 5.11. The first kappa shape index (κ1) is 23.4. The molecule has 0 bridgehead atoms. The number of benzene rings is 3. The molecule has 35 heavy (non-hydrogen) atoms. The Morgan fingerprint density at radius 3 is 2.51 bits per heavy atom. The number of carbonyl (C=O) groups excluding carboxylic acids is 1. The van der Waals surface area contributed by atoms with Crippen molar-refractivity contribution in [2.45, 2.75) is 13.5 Å². The highest BCUT2D eigenvalue weighted by Gasteiger charge is 2.23. The Hall–Kier alpha value is -4.72. The van der Waals surface area contributed by atoms with Gasteiger partial charge in [0.1, 0.15) is 17.9 Å². The minimum absolute atomic E-state index is 0.0807. The summed E-state index contributed by atoms with van der Waals surface area (Å²) in [6, 6.07) is 22.2. The fraction of sp³-hybridized carbons (Fsp3) is 0.111. The van der Waals surface area contributed by atoms with Crippen molar-refractivity contribution >= 4 is 34.7 Å². The van der Waals surface area contributed by atoms with E-state index in [1.54, 1.807) is 18.2 Å². The van der Waals surface area contributed by atoms with E-state index in [9.17, 15) is 14.9 Å². The topological polar surface area (TPSA) is 101 Å². The number of esters is 1. The lowest BCUT2D eigenvalue weighted by Gasteiger charge is -2.10. The second-order valence-electron chi connectivity index (χ2n) is 7.59. The number of fused-ring (bicyclic) bond motifs is 1. The Morgan fingerprint density at radius 1 is 1.00 bits per heavy atom. The van der Waals surface area contributed by atoms with E-state index >= 15 is 0 Å². The van der Waals surface area contributed by atoms with Gasteiger partial charge in [0.25, 0.3) is 0 Å². The lowest BCUT2D eigenvalue weighted by atomic mass is 10.1. The number of aromatic nitrogens is 1. The van der Waals surface area contributed by atoms with Gasteiger partial charge in [-0.05, 0) is 35.4 Å². The summed E-state index contributed by atoms with van der Waals surface area (Å²) in [5.74, 6) is -0.173. The first-order valence-corrected chi connectivity index (χ1v) is 10.7. The monoisotopic (exact) mass is 470 g/mol. The number of carbonyl (C=O) groups is 1. The van der Waals surface area contributed by atoms with E-state index in [0.717, 1.165) is 10.9 Å². The number of nitro benzene ring substituents is 1. The lowest BCUT2D eigenvalue weighted by Crippen LogP contribution is -2.06. The summed E-state index contributed by atoms with van der Waals surface area (Å²) < 4.78 is 16.2. The molecule has 8 heteroatoms. The van der Waals surface area contributed by atoms with Gasteiger partial charge in [0.05, 0.1) is 17.7 Å². The molecule has 0 fully saturated rings. The van der Waals surface area contributed by atoms with Gasteiger partial charge in [0.2, 0.25) is 5.75 Å². The average molecular weight is 470 g/mol. The number of hydrogen-bond donors (Lipinski definition) is 0. The lowest BCUT2D eigenvalue weighted by molar-refractivity contribution is -0.385. The maximum atomic E-state index is 11.6. The van der Waals surface area contributed by atoms with Gasteiger partial charge in [-0.15, -0.1) is 0 Å². The molecule has 176 valence electrons. The van der Waals surface area contributed by atoms with E-state index < -0.39 is 10.9 Å². The molecule has 1 aromatic heterocycles. The Kier molecular flexibility index (Phi) is 7.02. The molecule has 0 spiro atoms. The van der Waals surface area contributed by atoms with Crippen LogP contribution in [0.25, 0.3) is 23.1 Å². The second-order valence-corrected chi connectivity index (χ2v) is 7.59. The number of pyridine rings is 1. The van der Waals surface area contributed by atoms with Crippen molar-refractivity contribution in [1.29, 1.82) is 0 Å². The number of nitrogens with zero attached hydrogens (tertiary/aromatic N) is 2. The summed E-state index contributed by atoms with van der Waals surface area (Å²) in [6.45, 7) is 1.58. The molecule has 4 rings (SSSR count). The number of rotatable bonds is 8. The van der Waals surface area contributed by atoms with Crippen LogP contribution in [0, 0.1) is 10.1 Å². The van der Waals surface area contributed by atoms with Crippen LogP contribution in [0.15, 0.2) is 72.8 Å². The van der Waals surface area contributed by atoms with Crippen LogP contribution in [0.2, 0.25) is 0 Å². The molecule has 0 saturated heterocycles. The second kappa shape index (κ2) is 10.5. The van der Waals surface area contributed by atoms with E-state index in [0.29, 0.717) is 29.1 Å². The van der Waals surface area contributed by atoms with Crippen LogP contribution in [0.1, 0.15) is 23.7 Å². The van der Waals surface area contributed by atoms with Crippen LogP contribution >= 0.6 is 0 Å². The summed E-state index contributed by atoms with van der Waals surface area (Å²) in [5.41, 5.74) is 2.51. The van der Waals surface area contributed by atoms with Crippen LogP contribution in [0.5, 0.6) is 17.2 Å². The van der Waals surface area contributed by atoms with Crippen LogP contribution in [-0.4, -0.2) is 23.0 Å². The molecule has 4 aromatic rings. The molecule has 0 aliphatic rings. The first-order valence-electron chi connectivity index (χ1n) is 10.7. The number of ether oxygens (including phenoxy) is 3. The molecule has 3 aromatic carbocycles. The number of nitro groups is 1. The Morgan fingerprint density at radius 2 is 1.80 bits per heavy atom. The third-order valence-corrected chi connectivity index (χ3v) is 5.11. The highest BCUT2D eigenvalue weighted by Crippen LogP contribution is 2.39. The summed E-state index contributed by atoms with van der Waals surface area (Å²) >= 11 is 0. The predicted octanol–water partition coefficient (Wildman–Crippen LogP) is 5.83. The molecule has 1 heterocycles. The molecular formula is C27H22N2O6. The Labute approximate surface area is 201 Å². The van der Waals surface area contributed by atoms with E-state index in [1.165, 1.54) is 20.1 Å². The van der Waals surface area contributed by atoms with Crippen molar-refractivity contribution in [2.24, 2.45) is 0 Å². The minimum Gasteiger partial charge on any atom is -0.493 e. The van der Waals surface area contributed by atoms with E-state index in [2.05, 4.69) is 0 Å². The van der Waals surface area contributed by atoms with E-state index in [-0.39, 0.29) is 17.2 Å². The van der Waals surface area contributed by atoms with Crippen LogP contribution in [-0.2, 0) is 11.4 Å². The van der Waals surface area contributed by atoms with Gasteiger partial charge in [-0.25, -0.2) is 4.98 Å². The van der Waals surface area contributed by atoms with Crippen LogP contribution in [0.3, 0.4) is 0 Å². The number of methoxy groups -OCH3 is 1. The zero-order valence-corrected chi connectivity index (χ0v) is 19.1. The minimum atomic E-state index is -0.680. The smallest absolute Gasteiger partial charge is 0.316 e. The van der Waals surface area contributed by atoms with Gasteiger partial charge in [-0.3, -0.25) is 14.9 Å². The molecular weight excluding hydrogens is 448 g/mol. The third kappa shape index (κ3) is 5.62. The Balaban J connectivity index is 1.64. The van der Waals surface area contributed by atoms with Gasteiger partial charge < -0.3 is 14.2 Å². The highest BCUT2D eigenvalue weighted by molar-refractivity contribution is 5.86. The highest BCUT2D eigenvalue weighted by atomic mass is 16.6. The summed E-state index contributed by atoms with van der Waals surface area (Å²) in [5, 5.41) is 12.5. The van der Waals surface area contributed by atoms with Gasteiger partial charge in [0, 0.05) is 18.4 Å². The van der Waals surface area contributed by atoms with Crippen molar-refractivity contribution in [2.75, 3.05) is 7.11 Å². The fourth-order valence-electron chi connectivity index (χ4n) is 3.50. The largest absolute Gasteiger partial charge is 0.493 e. The molecule has 8 nitrogen and oxygen atoms in total. The van der Waals surface area contributed by atoms with Crippen molar-refractivity contribution in [3.63, 3.8) is 0 Å². The molecule has 0 N–H and O–H groups in total. The fourth-order valence-corrected chi connectivity index (χ4v) is 3.50. The molecule has 0 saturated carbocycles. The van der Waals surface area contributed by atoms with Crippen LogP contribution < -0.4 is 14.2 Å². The quantitative estimate of drug-likeness (QED) is 0.138. The summed E-state index contributed by atoms with van der Waals surface area (Å²) in [4.78, 5) is 27.0. The number of hydrogen-bond acceptors (Lipinski definition) is 7. The van der Waals surface area contributed by atoms with Gasteiger partial charge >= 0.3 is 11.7 Å². The van der Waals surface area contributed by atoms with Crippen LogP contribution in [0.4, 0.5) is 5.69 Å². The molecule has 0 radical (unpaired) electrons. The molecule has 0 atom stereocenters. The van der Waals surface area contributed by atoms with Gasteiger partial charge in [-0.1, -0.05) is 54.6 Å². The van der Waals surface area contributed by atoms with Gasteiger partial charge in [-0.2, -0.15) is 0 Å². The maximum Gasteiger partial charge on any atom is 0.316 e. The molecule has 0 aliphatic heterocycles. The van der Waals surface area contributed by atoms with Crippen molar-refractivity contribution in [1.82, 2.24) is 4.98 Å². The molecule has 0 unspecified atom stereocenters. The van der Waals surface area contributed by atoms with E-state index in [1.807, 2.05) is 60.7 Å². The molecule has 0 amide bonds. The SMILES string of the molecule is COc1cc(/C=C/c2ccc3cccc(OCc4ccccc4)c3n2)cc([N+](=O)[O-])c1OC(C)=O. The average Bonchev–Trinajstić information content (AvgIpc) is 2.86. The van der Waals surface area contributed by atoms with Crippen molar-refractivity contribution in [3.05, 3.63) is 99.7 Å². The summed E-state index contributed by atoms with van der Waals surface area (Å²) in [7, 11) is 1.35. The van der Waals surface area contributed by atoms with Gasteiger partial charge in [0.15, 0.2) is 5.75 Å². The molecule has 0 aliphatic carbocycles.